The minimum Gasteiger partial charge on any atom is -0.381 e. The van der Waals surface area contributed by atoms with Crippen LogP contribution in [0.25, 0.3) is 0 Å². The summed E-state index contributed by atoms with van der Waals surface area (Å²) in [4.78, 5) is 10.7. The summed E-state index contributed by atoms with van der Waals surface area (Å²) in [5.74, 6) is 0.692. The van der Waals surface area contributed by atoms with Gasteiger partial charge in [0.2, 0.25) is 11.9 Å². The molecule has 2 heterocycles. The van der Waals surface area contributed by atoms with Gasteiger partial charge in [-0.25, -0.2) is 4.99 Å². The Kier molecular flexibility index (Phi) is 3.31. The molecule has 1 aromatic carbocycles. The van der Waals surface area contributed by atoms with E-state index in [-0.39, 0.29) is 5.96 Å². The van der Waals surface area contributed by atoms with Crippen molar-refractivity contribution >= 4 is 11.9 Å². The molecule has 0 radical (unpaired) electrons. The van der Waals surface area contributed by atoms with Gasteiger partial charge in [-0.2, -0.15) is 4.99 Å². The highest BCUT2D eigenvalue weighted by Gasteiger charge is 2.42. The van der Waals surface area contributed by atoms with E-state index in [1.807, 2.05) is 23.1 Å². The molecule has 2 aliphatic rings. The SMILES string of the molecule is NC1=NC2(CCOCC2)N(Cc2ccccc2)C(N)=N1. The molecule has 0 unspecified atom stereocenters. The van der Waals surface area contributed by atoms with Crippen molar-refractivity contribution in [1.82, 2.24) is 4.90 Å². The summed E-state index contributed by atoms with van der Waals surface area (Å²) < 4.78 is 5.45. The van der Waals surface area contributed by atoms with Crippen LogP contribution in [-0.2, 0) is 11.3 Å². The number of hydrogen-bond acceptors (Lipinski definition) is 6. The first-order chi connectivity index (χ1) is 9.70. The number of aliphatic imine (C=N–C) groups is 2. The topological polar surface area (TPSA) is 89.2 Å². The van der Waals surface area contributed by atoms with Gasteiger partial charge in [-0.3, -0.25) is 0 Å². The Morgan fingerprint density at radius 1 is 1.15 bits per heavy atom. The van der Waals surface area contributed by atoms with Crippen LogP contribution in [0.3, 0.4) is 0 Å². The highest BCUT2D eigenvalue weighted by Crippen LogP contribution is 2.32. The molecule has 0 saturated carbocycles. The van der Waals surface area contributed by atoms with Crippen molar-refractivity contribution in [2.45, 2.75) is 25.0 Å². The molecular formula is C14H19N5O. The minimum atomic E-state index is -0.413. The molecule has 0 aromatic heterocycles. The maximum Gasteiger partial charge on any atom is 0.220 e. The first-order valence-corrected chi connectivity index (χ1v) is 6.78. The van der Waals surface area contributed by atoms with Gasteiger partial charge < -0.3 is 21.1 Å². The van der Waals surface area contributed by atoms with Gasteiger partial charge in [-0.15, -0.1) is 0 Å². The van der Waals surface area contributed by atoms with E-state index in [2.05, 4.69) is 22.1 Å². The molecule has 0 atom stereocenters. The normalized spacial score (nSPS) is 21.5. The first-order valence-electron chi connectivity index (χ1n) is 6.78. The number of rotatable bonds is 2. The summed E-state index contributed by atoms with van der Waals surface area (Å²) in [7, 11) is 0. The minimum absolute atomic E-state index is 0.258. The van der Waals surface area contributed by atoms with Crippen LogP contribution in [0.5, 0.6) is 0 Å². The second kappa shape index (κ2) is 5.13. The van der Waals surface area contributed by atoms with Gasteiger partial charge in [0.05, 0.1) is 13.2 Å². The highest BCUT2D eigenvalue weighted by molar-refractivity contribution is 5.95. The number of nitrogens with zero attached hydrogens (tertiary/aromatic N) is 3. The van der Waals surface area contributed by atoms with Crippen LogP contribution in [0, 0.1) is 0 Å². The van der Waals surface area contributed by atoms with Crippen LogP contribution in [-0.4, -0.2) is 35.7 Å². The van der Waals surface area contributed by atoms with Crippen molar-refractivity contribution < 1.29 is 4.74 Å². The van der Waals surface area contributed by atoms with E-state index in [1.54, 1.807) is 0 Å². The lowest BCUT2D eigenvalue weighted by Gasteiger charge is -2.45. The van der Waals surface area contributed by atoms with Gasteiger partial charge >= 0.3 is 0 Å². The largest absolute Gasteiger partial charge is 0.381 e. The van der Waals surface area contributed by atoms with Crippen LogP contribution < -0.4 is 11.5 Å². The lowest BCUT2D eigenvalue weighted by atomic mass is 9.97. The van der Waals surface area contributed by atoms with Gasteiger partial charge in [-0.05, 0) is 5.56 Å². The molecule has 1 aromatic rings. The van der Waals surface area contributed by atoms with Crippen molar-refractivity contribution in [2.24, 2.45) is 21.5 Å². The molecule has 0 bridgehead atoms. The van der Waals surface area contributed by atoms with E-state index in [4.69, 9.17) is 16.2 Å². The van der Waals surface area contributed by atoms with Crippen molar-refractivity contribution in [2.75, 3.05) is 13.2 Å². The number of benzene rings is 1. The molecule has 0 amide bonds. The number of hydrogen-bond donors (Lipinski definition) is 2. The van der Waals surface area contributed by atoms with Gasteiger partial charge in [0.25, 0.3) is 0 Å². The average molecular weight is 273 g/mol. The van der Waals surface area contributed by atoms with Gasteiger partial charge in [0.15, 0.2) is 0 Å². The Morgan fingerprint density at radius 3 is 2.55 bits per heavy atom. The summed E-state index contributed by atoms with van der Waals surface area (Å²) in [6, 6.07) is 10.2. The molecule has 6 heteroatoms. The monoisotopic (exact) mass is 273 g/mol. The standard InChI is InChI=1S/C14H19N5O/c15-12-17-13(16)19(10-11-4-2-1-3-5-11)14(18-12)6-8-20-9-7-14/h1-5H,6-10H2,(H4,15,16,17,18). The van der Waals surface area contributed by atoms with E-state index >= 15 is 0 Å². The molecule has 20 heavy (non-hydrogen) atoms. The van der Waals surface area contributed by atoms with Gasteiger partial charge in [-0.1, -0.05) is 30.3 Å². The molecule has 2 aliphatic heterocycles. The fourth-order valence-electron chi connectivity index (χ4n) is 2.76. The fourth-order valence-corrected chi connectivity index (χ4v) is 2.76. The lowest BCUT2D eigenvalue weighted by molar-refractivity contribution is 0.0000314. The van der Waals surface area contributed by atoms with Crippen molar-refractivity contribution in [3.63, 3.8) is 0 Å². The maximum atomic E-state index is 6.10. The Balaban J connectivity index is 1.91. The Labute approximate surface area is 118 Å². The van der Waals surface area contributed by atoms with Crippen molar-refractivity contribution in [3.8, 4) is 0 Å². The predicted molar refractivity (Wildman–Crippen MR) is 78.0 cm³/mol. The molecule has 1 saturated heterocycles. The van der Waals surface area contributed by atoms with E-state index in [9.17, 15) is 0 Å². The summed E-state index contributed by atoms with van der Waals surface area (Å²) in [5, 5.41) is 0. The van der Waals surface area contributed by atoms with Crippen molar-refractivity contribution in [1.29, 1.82) is 0 Å². The third-order valence-electron chi connectivity index (χ3n) is 3.81. The van der Waals surface area contributed by atoms with Crippen LogP contribution in [0.15, 0.2) is 40.3 Å². The van der Waals surface area contributed by atoms with Crippen LogP contribution in [0.2, 0.25) is 0 Å². The first kappa shape index (κ1) is 12.9. The molecule has 6 nitrogen and oxygen atoms in total. The van der Waals surface area contributed by atoms with E-state index < -0.39 is 5.66 Å². The maximum absolute atomic E-state index is 6.10. The second-order valence-corrected chi connectivity index (χ2v) is 5.11. The van der Waals surface area contributed by atoms with Crippen LogP contribution >= 0.6 is 0 Å². The lowest BCUT2D eigenvalue weighted by Crippen LogP contribution is -2.58. The average Bonchev–Trinajstić information content (AvgIpc) is 2.45. The second-order valence-electron chi connectivity index (χ2n) is 5.11. The van der Waals surface area contributed by atoms with Gasteiger partial charge in [0.1, 0.15) is 5.66 Å². The summed E-state index contributed by atoms with van der Waals surface area (Å²) in [6.45, 7) is 2.00. The molecule has 1 spiro atoms. The Morgan fingerprint density at radius 2 is 1.85 bits per heavy atom. The molecular weight excluding hydrogens is 254 g/mol. The quantitative estimate of drug-likeness (QED) is 0.827. The van der Waals surface area contributed by atoms with E-state index in [0.717, 1.165) is 12.8 Å². The van der Waals surface area contributed by atoms with Gasteiger partial charge in [0, 0.05) is 19.4 Å². The number of ether oxygens (including phenoxy) is 1. The molecule has 4 N–H and O–H groups in total. The van der Waals surface area contributed by atoms with Crippen molar-refractivity contribution in [3.05, 3.63) is 35.9 Å². The van der Waals surface area contributed by atoms with Crippen LogP contribution in [0.1, 0.15) is 18.4 Å². The highest BCUT2D eigenvalue weighted by atomic mass is 16.5. The molecule has 0 aliphatic carbocycles. The van der Waals surface area contributed by atoms with Crippen LogP contribution in [0.4, 0.5) is 0 Å². The zero-order valence-corrected chi connectivity index (χ0v) is 11.3. The molecule has 1 fully saturated rings. The molecule has 106 valence electrons. The zero-order chi connectivity index (χ0) is 14.0. The predicted octanol–water partition coefficient (Wildman–Crippen LogP) is 0.638. The van der Waals surface area contributed by atoms with E-state index in [0.29, 0.717) is 25.7 Å². The summed E-state index contributed by atoms with van der Waals surface area (Å²) in [6.07, 6.45) is 1.55. The number of guanidine groups is 2. The Hall–Kier alpha value is -2.08. The number of nitrogens with two attached hydrogens (primary N) is 2. The summed E-state index contributed by atoms with van der Waals surface area (Å²) in [5.41, 5.74) is 12.7. The third-order valence-corrected chi connectivity index (χ3v) is 3.81. The summed E-state index contributed by atoms with van der Waals surface area (Å²) >= 11 is 0. The fraction of sp³-hybridized carbons (Fsp3) is 0.429. The Bertz CT molecular complexity index is 534. The third kappa shape index (κ3) is 2.34. The smallest absolute Gasteiger partial charge is 0.220 e. The molecule has 3 rings (SSSR count). The zero-order valence-electron chi connectivity index (χ0n) is 11.3. The van der Waals surface area contributed by atoms with E-state index in [1.165, 1.54) is 5.56 Å².